The number of benzene rings is 1. The summed E-state index contributed by atoms with van der Waals surface area (Å²) in [6.07, 6.45) is -0.277. The first-order valence-electron chi connectivity index (χ1n) is 9.09. The lowest BCUT2D eigenvalue weighted by molar-refractivity contribution is -0.154. The van der Waals surface area contributed by atoms with Crippen molar-refractivity contribution in [3.8, 4) is 0 Å². The Hall–Kier alpha value is -2.50. The molecule has 1 aromatic carbocycles. The van der Waals surface area contributed by atoms with E-state index in [1.165, 1.54) is 31.2 Å². The predicted molar refractivity (Wildman–Crippen MR) is 104 cm³/mol. The van der Waals surface area contributed by atoms with Crippen LogP contribution in [0.5, 0.6) is 0 Å². The number of rotatable bonds is 8. The average molecular weight is 427 g/mol. The molecular weight excluding hydrogens is 402 g/mol. The highest BCUT2D eigenvalue weighted by molar-refractivity contribution is 7.89. The molecule has 10 nitrogen and oxygen atoms in total. The topological polar surface area (TPSA) is 131 Å². The van der Waals surface area contributed by atoms with Crippen molar-refractivity contribution >= 4 is 33.5 Å². The van der Waals surface area contributed by atoms with Gasteiger partial charge in [-0.25, -0.2) is 13.1 Å². The number of anilines is 1. The van der Waals surface area contributed by atoms with Gasteiger partial charge in [-0.1, -0.05) is 0 Å². The number of carbonyl (C=O) groups excluding carboxylic acids is 3. The van der Waals surface area contributed by atoms with Gasteiger partial charge >= 0.3 is 5.97 Å². The van der Waals surface area contributed by atoms with E-state index in [1.54, 1.807) is 4.90 Å². The third kappa shape index (κ3) is 7.44. The van der Waals surface area contributed by atoms with E-state index in [4.69, 9.17) is 9.47 Å². The highest BCUT2D eigenvalue weighted by Crippen LogP contribution is 2.14. The minimum absolute atomic E-state index is 0.00316. The number of sulfonamides is 1. The molecule has 1 aromatic rings. The van der Waals surface area contributed by atoms with E-state index in [9.17, 15) is 22.8 Å². The molecule has 1 saturated heterocycles. The number of nitrogens with one attached hydrogen (secondary N) is 2. The van der Waals surface area contributed by atoms with E-state index < -0.39 is 16.0 Å². The van der Waals surface area contributed by atoms with Crippen LogP contribution in [0.4, 0.5) is 5.69 Å². The SMILES string of the molecule is CC(=O)Nc1ccc(S(=O)(=O)NCCC(=O)OCC(=O)N2CCOC(C)C2)cc1. The van der Waals surface area contributed by atoms with Crippen LogP contribution in [0, 0.1) is 0 Å². The minimum Gasteiger partial charge on any atom is -0.456 e. The van der Waals surface area contributed by atoms with Crippen molar-refractivity contribution in [2.75, 3.05) is 38.2 Å². The summed E-state index contributed by atoms with van der Waals surface area (Å²) in [5.41, 5.74) is 0.472. The summed E-state index contributed by atoms with van der Waals surface area (Å²) in [7, 11) is -3.82. The van der Waals surface area contributed by atoms with E-state index in [-0.39, 0.29) is 42.4 Å². The molecule has 0 aromatic heterocycles. The minimum atomic E-state index is -3.82. The van der Waals surface area contributed by atoms with Crippen LogP contribution in [-0.4, -0.2) is 70.1 Å². The zero-order valence-electron chi connectivity index (χ0n) is 16.3. The summed E-state index contributed by atoms with van der Waals surface area (Å²) >= 11 is 0. The highest BCUT2D eigenvalue weighted by Gasteiger charge is 2.22. The summed E-state index contributed by atoms with van der Waals surface area (Å²) < 4.78 is 37.0. The number of nitrogens with zero attached hydrogens (tertiary/aromatic N) is 1. The van der Waals surface area contributed by atoms with Gasteiger partial charge in [-0.05, 0) is 31.2 Å². The van der Waals surface area contributed by atoms with E-state index in [1.807, 2.05) is 6.92 Å². The summed E-state index contributed by atoms with van der Waals surface area (Å²) in [5.74, 6) is -1.25. The molecule has 0 aliphatic carbocycles. The van der Waals surface area contributed by atoms with Crippen LogP contribution in [0.1, 0.15) is 20.3 Å². The summed E-state index contributed by atoms with van der Waals surface area (Å²) in [4.78, 5) is 36.3. The zero-order valence-corrected chi connectivity index (χ0v) is 17.2. The van der Waals surface area contributed by atoms with Crippen molar-refractivity contribution in [1.82, 2.24) is 9.62 Å². The van der Waals surface area contributed by atoms with Crippen molar-refractivity contribution in [3.05, 3.63) is 24.3 Å². The summed E-state index contributed by atoms with van der Waals surface area (Å²) in [5, 5.41) is 2.54. The molecule has 0 spiro atoms. The Labute approximate surface area is 169 Å². The number of ether oxygens (including phenoxy) is 2. The molecular formula is C18H25N3O7S. The van der Waals surface area contributed by atoms with Crippen molar-refractivity contribution < 1.29 is 32.3 Å². The Balaban J connectivity index is 1.74. The quantitative estimate of drug-likeness (QED) is 0.563. The maximum atomic E-state index is 12.2. The molecule has 1 heterocycles. The Kier molecular flexibility index (Phi) is 8.11. The lowest BCUT2D eigenvalue weighted by Gasteiger charge is -2.30. The van der Waals surface area contributed by atoms with Crippen LogP contribution < -0.4 is 10.0 Å². The predicted octanol–water partition coefficient (Wildman–Crippen LogP) is 0.104. The normalized spacial score (nSPS) is 16.9. The first-order valence-corrected chi connectivity index (χ1v) is 10.6. The van der Waals surface area contributed by atoms with Crippen LogP contribution in [0.3, 0.4) is 0 Å². The van der Waals surface area contributed by atoms with Crippen LogP contribution >= 0.6 is 0 Å². The van der Waals surface area contributed by atoms with Crippen LogP contribution in [0.15, 0.2) is 29.2 Å². The number of amides is 2. The largest absolute Gasteiger partial charge is 0.456 e. The molecule has 1 unspecified atom stereocenters. The molecule has 2 N–H and O–H groups in total. The molecule has 2 amide bonds. The number of morpholine rings is 1. The Morgan fingerprint density at radius 2 is 1.93 bits per heavy atom. The standard InChI is InChI=1S/C18H25N3O7S/c1-13-11-21(9-10-27-13)17(23)12-28-18(24)7-8-19-29(25,26)16-5-3-15(4-6-16)20-14(2)22/h3-6,13,19H,7-12H2,1-2H3,(H,20,22). The highest BCUT2D eigenvalue weighted by atomic mass is 32.2. The molecule has 29 heavy (non-hydrogen) atoms. The first-order chi connectivity index (χ1) is 13.7. The third-order valence-corrected chi connectivity index (χ3v) is 5.53. The first kappa shape index (κ1) is 22.8. The fourth-order valence-corrected chi connectivity index (χ4v) is 3.67. The second-order valence-corrected chi connectivity index (χ2v) is 8.30. The number of hydrogen-bond donors (Lipinski definition) is 2. The van der Waals surface area contributed by atoms with Gasteiger partial charge in [0.05, 0.1) is 24.0 Å². The fraction of sp³-hybridized carbons (Fsp3) is 0.500. The van der Waals surface area contributed by atoms with Gasteiger partial charge in [0.15, 0.2) is 6.61 Å². The summed E-state index contributed by atoms with van der Waals surface area (Å²) in [6.45, 7) is 3.97. The van der Waals surface area contributed by atoms with E-state index >= 15 is 0 Å². The molecule has 1 aliphatic heterocycles. The molecule has 1 atom stereocenters. The molecule has 11 heteroatoms. The van der Waals surface area contributed by atoms with Crippen LogP contribution in [0.2, 0.25) is 0 Å². The molecule has 0 radical (unpaired) electrons. The van der Waals surface area contributed by atoms with Gasteiger partial charge in [0, 0.05) is 32.2 Å². The number of hydrogen-bond acceptors (Lipinski definition) is 7. The molecule has 1 aliphatic rings. The third-order valence-electron chi connectivity index (χ3n) is 4.06. The lowest BCUT2D eigenvalue weighted by atomic mass is 10.3. The fourth-order valence-electron chi connectivity index (χ4n) is 2.64. The zero-order chi connectivity index (χ0) is 21.4. The van der Waals surface area contributed by atoms with Crippen molar-refractivity contribution in [3.63, 3.8) is 0 Å². The second-order valence-electron chi connectivity index (χ2n) is 6.54. The maximum absolute atomic E-state index is 12.2. The van der Waals surface area contributed by atoms with Gasteiger partial charge in [0.1, 0.15) is 0 Å². The average Bonchev–Trinajstić information content (AvgIpc) is 2.66. The number of carbonyl (C=O) groups is 3. The van der Waals surface area contributed by atoms with Gasteiger partial charge in [0.25, 0.3) is 5.91 Å². The Morgan fingerprint density at radius 3 is 2.55 bits per heavy atom. The molecule has 0 saturated carbocycles. The van der Waals surface area contributed by atoms with Crippen LogP contribution in [0.25, 0.3) is 0 Å². The van der Waals surface area contributed by atoms with E-state index in [2.05, 4.69) is 10.0 Å². The Bertz CT molecular complexity index is 840. The van der Waals surface area contributed by atoms with E-state index in [0.29, 0.717) is 25.4 Å². The smallest absolute Gasteiger partial charge is 0.307 e. The van der Waals surface area contributed by atoms with Crippen molar-refractivity contribution in [2.24, 2.45) is 0 Å². The molecule has 0 bridgehead atoms. The lowest BCUT2D eigenvalue weighted by Crippen LogP contribution is -2.46. The van der Waals surface area contributed by atoms with Gasteiger partial charge in [-0.3, -0.25) is 14.4 Å². The Morgan fingerprint density at radius 1 is 1.24 bits per heavy atom. The second kappa shape index (κ2) is 10.3. The molecule has 160 valence electrons. The van der Waals surface area contributed by atoms with Gasteiger partial charge in [0.2, 0.25) is 15.9 Å². The number of esters is 1. The maximum Gasteiger partial charge on any atom is 0.307 e. The molecule has 1 fully saturated rings. The van der Waals surface area contributed by atoms with Crippen molar-refractivity contribution in [2.45, 2.75) is 31.3 Å². The monoisotopic (exact) mass is 427 g/mol. The van der Waals surface area contributed by atoms with Gasteiger partial charge < -0.3 is 19.7 Å². The van der Waals surface area contributed by atoms with Crippen molar-refractivity contribution in [1.29, 1.82) is 0 Å². The van der Waals surface area contributed by atoms with Gasteiger partial charge in [-0.15, -0.1) is 0 Å². The van der Waals surface area contributed by atoms with Crippen LogP contribution in [-0.2, 0) is 33.9 Å². The molecule has 2 rings (SSSR count). The van der Waals surface area contributed by atoms with E-state index in [0.717, 1.165) is 0 Å². The summed E-state index contributed by atoms with van der Waals surface area (Å²) in [6, 6.07) is 5.60. The van der Waals surface area contributed by atoms with Gasteiger partial charge in [-0.2, -0.15) is 0 Å².